The maximum absolute atomic E-state index is 6.03. The maximum Gasteiger partial charge on any atom is 0.0731 e. The van der Waals surface area contributed by atoms with Gasteiger partial charge in [-0.3, -0.25) is 0 Å². The van der Waals surface area contributed by atoms with Crippen LogP contribution in [0.1, 0.15) is 59.3 Å². The van der Waals surface area contributed by atoms with E-state index >= 15 is 0 Å². The van der Waals surface area contributed by atoms with Gasteiger partial charge in [0, 0.05) is 6.04 Å². The minimum atomic E-state index is 0.357. The highest BCUT2D eigenvalue weighted by molar-refractivity contribution is 4.79. The van der Waals surface area contributed by atoms with Gasteiger partial charge in [0.15, 0.2) is 0 Å². The van der Waals surface area contributed by atoms with Gasteiger partial charge < -0.3 is 10.1 Å². The van der Waals surface area contributed by atoms with E-state index in [0.29, 0.717) is 18.2 Å². The molecule has 0 saturated heterocycles. The lowest BCUT2D eigenvalue weighted by Crippen LogP contribution is -2.43. The Labute approximate surface area is 94.8 Å². The molecule has 0 aromatic rings. The molecule has 2 atom stereocenters. The second-order valence-electron chi connectivity index (χ2n) is 4.88. The van der Waals surface area contributed by atoms with Crippen LogP contribution in [0.3, 0.4) is 0 Å². The van der Waals surface area contributed by atoms with E-state index in [9.17, 15) is 0 Å². The van der Waals surface area contributed by atoms with Crippen molar-refractivity contribution in [2.75, 3.05) is 6.54 Å². The molecule has 0 aromatic heterocycles. The van der Waals surface area contributed by atoms with Gasteiger partial charge in [-0.2, -0.15) is 0 Å². The molecule has 0 bridgehead atoms. The third kappa shape index (κ3) is 4.98. The molecular weight excluding hydrogens is 186 g/mol. The summed E-state index contributed by atoms with van der Waals surface area (Å²) in [6, 6.07) is 0.581. The van der Waals surface area contributed by atoms with Gasteiger partial charge in [-0.15, -0.1) is 0 Å². The highest BCUT2D eigenvalue weighted by atomic mass is 16.5. The van der Waals surface area contributed by atoms with E-state index in [2.05, 4.69) is 26.1 Å². The number of ether oxygens (including phenoxy) is 1. The molecular formula is C13H27NO. The van der Waals surface area contributed by atoms with Crippen molar-refractivity contribution in [3.63, 3.8) is 0 Å². The van der Waals surface area contributed by atoms with Crippen molar-refractivity contribution in [1.29, 1.82) is 0 Å². The van der Waals surface area contributed by atoms with Crippen LogP contribution in [0.4, 0.5) is 0 Å². The third-order valence-corrected chi connectivity index (χ3v) is 3.12. The molecule has 2 nitrogen and oxygen atoms in total. The van der Waals surface area contributed by atoms with Crippen molar-refractivity contribution in [3.05, 3.63) is 0 Å². The lowest BCUT2D eigenvalue weighted by molar-refractivity contribution is -0.0236. The van der Waals surface area contributed by atoms with Crippen molar-refractivity contribution in [2.45, 2.75) is 77.5 Å². The van der Waals surface area contributed by atoms with Crippen molar-refractivity contribution < 1.29 is 4.74 Å². The molecule has 0 spiro atoms. The first-order chi connectivity index (χ1) is 7.24. The Balaban J connectivity index is 2.47. The molecule has 0 aliphatic heterocycles. The molecule has 0 amide bonds. The molecule has 0 aromatic carbocycles. The Morgan fingerprint density at radius 1 is 1.13 bits per heavy atom. The zero-order chi connectivity index (χ0) is 11.1. The molecule has 1 fully saturated rings. The minimum absolute atomic E-state index is 0.357. The van der Waals surface area contributed by atoms with Gasteiger partial charge in [-0.1, -0.05) is 32.6 Å². The average Bonchev–Trinajstić information content (AvgIpc) is 2.15. The summed E-state index contributed by atoms with van der Waals surface area (Å²) in [5.41, 5.74) is 0. The fourth-order valence-corrected chi connectivity index (χ4v) is 2.46. The van der Waals surface area contributed by atoms with E-state index in [0.717, 1.165) is 6.54 Å². The second kappa shape index (κ2) is 7.24. The molecule has 2 heteroatoms. The molecule has 1 saturated carbocycles. The summed E-state index contributed by atoms with van der Waals surface area (Å²) in [5, 5.41) is 3.58. The summed E-state index contributed by atoms with van der Waals surface area (Å²) in [6.45, 7) is 7.53. The quantitative estimate of drug-likeness (QED) is 0.775. The molecule has 0 unspecified atom stereocenters. The van der Waals surface area contributed by atoms with Crippen molar-refractivity contribution >= 4 is 0 Å². The van der Waals surface area contributed by atoms with Crippen molar-refractivity contribution in [2.24, 2.45) is 0 Å². The summed E-state index contributed by atoms with van der Waals surface area (Å²) in [5.74, 6) is 0. The highest BCUT2D eigenvalue weighted by Gasteiger charge is 2.23. The standard InChI is InChI=1S/C13H27NO/c1-4-14-12-9-7-5-6-8-10-13(12)15-11(2)3/h11-14H,4-10H2,1-3H3/t12-,13-/m1/s1. The van der Waals surface area contributed by atoms with E-state index in [1.165, 1.54) is 38.5 Å². The number of hydrogen-bond acceptors (Lipinski definition) is 2. The monoisotopic (exact) mass is 213 g/mol. The molecule has 0 heterocycles. The van der Waals surface area contributed by atoms with Gasteiger partial charge in [-0.25, -0.2) is 0 Å². The SMILES string of the molecule is CCN[C@@H]1CCCCCC[C@H]1OC(C)C. The molecule has 15 heavy (non-hydrogen) atoms. The van der Waals surface area contributed by atoms with Gasteiger partial charge in [0.2, 0.25) is 0 Å². The lowest BCUT2D eigenvalue weighted by Gasteiger charge is -2.31. The zero-order valence-corrected chi connectivity index (χ0v) is 10.6. The van der Waals surface area contributed by atoms with E-state index in [-0.39, 0.29) is 0 Å². The smallest absolute Gasteiger partial charge is 0.0731 e. The molecule has 90 valence electrons. The van der Waals surface area contributed by atoms with Crippen molar-refractivity contribution in [3.8, 4) is 0 Å². The number of nitrogens with one attached hydrogen (secondary N) is 1. The van der Waals surface area contributed by atoms with Crippen molar-refractivity contribution in [1.82, 2.24) is 5.32 Å². The average molecular weight is 213 g/mol. The van der Waals surface area contributed by atoms with E-state index in [4.69, 9.17) is 4.74 Å². The summed E-state index contributed by atoms with van der Waals surface area (Å²) in [7, 11) is 0. The predicted molar refractivity (Wildman–Crippen MR) is 65.2 cm³/mol. The highest BCUT2D eigenvalue weighted by Crippen LogP contribution is 2.21. The van der Waals surface area contributed by atoms with Crippen LogP contribution in [0.25, 0.3) is 0 Å². The Morgan fingerprint density at radius 3 is 2.40 bits per heavy atom. The normalized spacial score (nSPS) is 28.8. The molecule has 1 N–H and O–H groups in total. The van der Waals surface area contributed by atoms with Crippen LogP contribution in [0.2, 0.25) is 0 Å². The van der Waals surface area contributed by atoms with Gasteiger partial charge >= 0.3 is 0 Å². The van der Waals surface area contributed by atoms with E-state index in [1.807, 2.05) is 0 Å². The Kier molecular flexibility index (Phi) is 6.26. The van der Waals surface area contributed by atoms with Gasteiger partial charge in [0.05, 0.1) is 12.2 Å². The number of hydrogen-bond donors (Lipinski definition) is 1. The van der Waals surface area contributed by atoms with E-state index < -0.39 is 0 Å². The van der Waals surface area contributed by atoms with Crippen LogP contribution in [0.5, 0.6) is 0 Å². The predicted octanol–water partition coefficient (Wildman–Crippen LogP) is 3.11. The fourth-order valence-electron chi connectivity index (χ4n) is 2.46. The molecule has 0 radical (unpaired) electrons. The Bertz CT molecular complexity index is 159. The Morgan fingerprint density at radius 2 is 1.80 bits per heavy atom. The number of likely N-dealkylation sites (N-methyl/N-ethyl adjacent to an activating group) is 1. The summed E-state index contributed by atoms with van der Waals surface area (Å²) in [6.07, 6.45) is 8.78. The maximum atomic E-state index is 6.03. The summed E-state index contributed by atoms with van der Waals surface area (Å²) in [4.78, 5) is 0. The van der Waals surface area contributed by atoms with Gasteiger partial charge in [0.1, 0.15) is 0 Å². The van der Waals surface area contributed by atoms with Crippen LogP contribution in [-0.2, 0) is 4.74 Å². The number of rotatable bonds is 4. The van der Waals surface area contributed by atoms with Crippen LogP contribution in [0, 0.1) is 0 Å². The first-order valence-corrected chi connectivity index (χ1v) is 6.63. The first kappa shape index (κ1) is 13.0. The third-order valence-electron chi connectivity index (χ3n) is 3.12. The molecule has 1 rings (SSSR count). The van der Waals surface area contributed by atoms with Gasteiger partial charge in [0.25, 0.3) is 0 Å². The molecule has 1 aliphatic rings. The fraction of sp³-hybridized carbons (Fsp3) is 1.00. The summed E-state index contributed by atoms with van der Waals surface area (Å²) >= 11 is 0. The topological polar surface area (TPSA) is 21.3 Å². The van der Waals surface area contributed by atoms with Crippen LogP contribution in [-0.4, -0.2) is 24.8 Å². The largest absolute Gasteiger partial charge is 0.374 e. The van der Waals surface area contributed by atoms with Crippen LogP contribution >= 0.6 is 0 Å². The first-order valence-electron chi connectivity index (χ1n) is 6.63. The molecule has 1 aliphatic carbocycles. The Hall–Kier alpha value is -0.0800. The van der Waals surface area contributed by atoms with Crippen LogP contribution < -0.4 is 5.32 Å². The van der Waals surface area contributed by atoms with Crippen LogP contribution in [0.15, 0.2) is 0 Å². The second-order valence-corrected chi connectivity index (χ2v) is 4.88. The summed E-state index contributed by atoms with van der Waals surface area (Å²) < 4.78 is 6.03. The minimum Gasteiger partial charge on any atom is -0.374 e. The van der Waals surface area contributed by atoms with Gasteiger partial charge in [-0.05, 0) is 33.2 Å². The lowest BCUT2D eigenvalue weighted by atomic mass is 9.94. The van der Waals surface area contributed by atoms with E-state index in [1.54, 1.807) is 0 Å². The zero-order valence-electron chi connectivity index (χ0n) is 10.6.